The molecule has 0 saturated carbocycles. The van der Waals surface area contributed by atoms with Crippen LogP contribution in [0, 0.1) is 0 Å². The van der Waals surface area contributed by atoms with E-state index in [1.165, 1.54) is 0 Å². The van der Waals surface area contributed by atoms with E-state index in [4.69, 9.17) is 16.6 Å². The van der Waals surface area contributed by atoms with Crippen molar-refractivity contribution < 1.29 is 9.21 Å². The Balaban J connectivity index is 1.65. The molecular formula is C22H18BrN3O2S. The number of nitrogens with one attached hydrogen (secondary N) is 3. The third-order valence-electron chi connectivity index (χ3n) is 4.59. The van der Waals surface area contributed by atoms with Gasteiger partial charge in [0.15, 0.2) is 5.11 Å². The third kappa shape index (κ3) is 4.26. The SMILES string of the molecule is CC1=C(C(=O)Nc2ccccc2)[C@H](c2ccc(-c3ccc(Br)cc3)o2)NC(=S)N1. The van der Waals surface area contributed by atoms with Gasteiger partial charge in [-0.15, -0.1) is 0 Å². The second-order valence-corrected chi connectivity index (χ2v) is 7.92. The number of carbonyl (C=O) groups excluding carboxylic acids is 1. The molecule has 5 nitrogen and oxygen atoms in total. The number of anilines is 1. The van der Waals surface area contributed by atoms with Gasteiger partial charge in [-0.05, 0) is 55.5 Å². The zero-order chi connectivity index (χ0) is 20.4. The highest BCUT2D eigenvalue weighted by molar-refractivity contribution is 9.10. The second kappa shape index (κ2) is 8.23. The number of benzene rings is 2. The number of allylic oxidation sites excluding steroid dienone is 1. The summed E-state index contributed by atoms with van der Waals surface area (Å²) in [4.78, 5) is 13.0. The van der Waals surface area contributed by atoms with Crippen LogP contribution in [0.2, 0.25) is 0 Å². The molecule has 1 aliphatic heterocycles. The molecule has 1 aliphatic rings. The largest absolute Gasteiger partial charge is 0.459 e. The van der Waals surface area contributed by atoms with Crippen molar-refractivity contribution in [2.24, 2.45) is 0 Å². The van der Waals surface area contributed by atoms with Crippen molar-refractivity contribution in [2.45, 2.75) is 13.0 Å². The fraction of sp³-hybridized carbons (Fsp3) is 0.0909. The average Bonchev–Trinajstić information content (AvgIpc) is 3.18. The van der Waals surface area contributed by atoms with E-state index in [2.05, 4.69) is 31.9 Å². The Morgan fingerprint density at radius 3 is 2.52 bits per heavy atom. The molecule has 0 aliphatic carbocycles. The molecule has 3 aromatic rings. The molecule has 0 radical (unpaired) electrons. The number of rotatable bonds is 4. The number of hydrogen-bond donors (Lipinski definition) is 3. The van der Waals surface area contributed by atoms with Gasteiger partial charge < -0.3 is 20.4 Å². The topological polar surface area (TPSA) is 66.3 Å². The summed E-state index contributed by atoms with van der Waals surface area (Å²) in [6.07, 6.45) is 0. The smallest absolute Gasteiger partial charge is 0.255 e. The molecule has 2 aromatic carbocycles. The molecule has 146 valence electrons. The second-order valence-electron chi connectivity index (χ2n) is 6.60. The maximum absolute atomic E-state index is 13.0. The minimum absolute atomic E-state index is 0.220. The van der Waals surface area contributed by atoms with E-state index in [1.807, 2.05) is 73.7 Å². The summed E-state index contributed by atoms with van der Waals surface area (Å²) in [5.41, 5.74) is 2.89. The molecule has 1 atom stereocenters. The first-order valence-electron chi connectivity index (χ1n) is 9.01. The Morgan fingerprint density at radius 1 is 1.07 bits per heavy atom. The summed E-state index contributed by atoms with van der Waals surface area (Å²) < 4.78 is 7.09. The molecule has 0 bridgehead atoms. The fourth-order valence-electron chi connectivity index (χ4n) is 3.21. The van der Waals surface area contributed by atoms with Gasteiger partial charge >= 0.3 is 0 Å². The van der Waals surface area contributed by atoms with Gasteiger partial charge in [0, 0.05) is 21.4 Å². The van der Waals surface area contributed by atoms with E-state index in [1.54, 1.807) is 0 Å². The van der Waals surface area contributed by atoms with Crippen LogP contribution in [0.25, 0.3) is 11.3 Å². The highest BCUT2D eigenvalue weighted by Gasteiger charge is 2.32. The van der Waals surface area contributed by atoms with Gasteiger partial charge in [0.2, 0.25) is 0 Å². The van der Waals surface area contributed by atoms with Crippen molar-refractivity contribution in [3.05, 3.63) is 88.2 Å². The maximum atomic E-state index is 13.0. The van der Waals surface area contributed by atoms with Gasteiger partial charge in [-0.25, -0.2) is 0 Å². The van der Waals surface area contributed by atoms with Crippen molar-refractivity contribution in [3.8, 4) is 11.3 Å². The number of amides is 1. The Hall–Kier alpha value is -2.90. The Bertz CT molecular complexity index is 1090. The van der Waals surface area contributed by atoms with Crippen LogP contribution in [0.4, 0.5) is 5.69 Å². The lowest BCUT2D eigenvalue weighted by molar-refractivity contribution is -0.113. The lowest BCUT2D eigenvalue weighted by atomic mass is 10.00. The number of hydrogen-bond acceptors (Lipinski definition) is 3. The van der Waals surface area contributed by atoms with Gasteiger partial charge in [0.25, 0.3) is 5.91 Å². The lowest BCUT2D eigenvalue weighted by Crippen LogP contribution is -2.45. The molecule has 1 amide bonds. The molecule has 0 unspecified atom stereocenters. The zero-order valence-corrected chi connectivity index (χ0v) is 17.9. The predicted molar refractivity (Wildman–Crippen MR) is 121 cm³/mol. The van der Waals surface area contributed by atoms with Gasteiger partial charge in [0.05, 0.1) is 5.57 Å². The molecular weight excluding hydrogens is 450 g/mol. The van der Waals surface area contributed by atoms with Crippen LogP contribution in [-0.2, 0) is 4.79 Å². The zero-order valence-electron chi connectivity index (χ0n) is 15.5. The number of carbonyl (C=O) groups is 1. The van der Waals surface area contributed by atoms with Crippen LogP contribution in [0.5, 0.6) is 0 Å². The molecule has 0 fully saturated rings. The summed E-state index contributed by atoms with van der Waals surface area (Å²) in [6, 6.07) is 20.5. The van der Waals surface area contributed by atoms with E-state index in [-0.39, 0.29) is 5.91 Å². The minimum atomic E-state index is -0.489. The Labute approximate surface area is 182 Å². The maximum Gasteiger partial charge on any atom is 0.255 e. The van der Waals surface area contributed by atoms with Crippen molar-refractivity contribution in [1.82, 2.24) is 10.6 Å². The predicted octanol–water partition coefficient (Wildman–Crippen LogP) is 5.14. The summed E-state index contributed by atoms with van der Waals surface area (Å²) >= 11 is 8.75. The minimum Gasteiger partial charge on any atom is -0.459 e. The van der Waals surface area contributed by atoms with Crippen LogP contribution in [0.3, 0.4) is 0 Å². The molecule has 2 heterocycles. The Morgan fingerprint density at radius 2 is 1.79 bits per heavy atom. The molecule has 29 heavy (non-hydrogen) atoms. The van der Waals surface area contributed by atoms with Crippen LogP contribution in [0.15, 0.2) is 86.9 Å². The molecule has 1 aromatic heterocycles. The first-order valence-corrected chi connectivity index (χ1v) is 10.2. The number of thiocarbonyl (C=S) groups is 1. The average molecular weight is 468 g/mol. The van der Waals surface area contributed by atoms with Crippen LogP contribution < -0.4 is 16.0 Å². The lowest BCUT2D eigenvalue weighted by Gasteiger charge is -2.28. The Kier molecular flexibility index (Phi) is 5.51. The molecule has 4 rings (SSSR count). The van der Waals surface area contributed by atoms with E-state index < -0.39 is 6.04 Å². The van der Waals surface area contributed by atoms with Crippen molar-refractivity contribution in [2.75, 3.05) is 5.32 Å². The highest BCUT2D eigenvalue weighted by Crippen LogP contribution is 2.32. The van der Waals surface area contributed by atoms with E-state index in [9.17, 15) is 4.79 Å². The first-order chi connectivity index (χ1) is 14.0. The normalized spacial score (nSPS) is 16.2. The van der Waals surface area contributed by atoms with Gasteiger partial charge in [-0.3, -0.25) is 4.79 Å². The quantitative estimate of drug-likeness (QED) is 0.463. The van der Waals surface area contributed by atoms with Crippen molar-refractivity contribution in [3.63, 3.8) is 0 Å². The molecule has 7 heteroatoms. The standard InChI is InChI=1S/C22H18BrN3O2S/c1-13-19(21(27)25-16-5-3-2-4-6-16)20(26-22(29)24-13)18-12-11-17(28-18)14-7-9-15(23)10-8-14/h2-12,20H,1H3,(H,25,27)(H2,24,26,29)/t20-/m0/s1. The summed E-state index contributed by atoms with van der Waals surface area (Å²) in [5.74, 6) is 1.12. The number of halogens is 1. The monoisotopic (exact) mass is 467 g/mol. The van der Waals surface area contributed by atoms with Crippen LogP contribution >= 0.6 is 28.1 Å². The summed E-state index contributed by atoms with van der Waals surface area (Å²) in [6.45, 7) is 1.83. The molecule has 0 saturated heterocycles. The van der Waals surface area contributed by atoms with E-state index in [0.717, 1.165) is 21.5 Å². The number of furan rings is 1. The van der Waals surface area contributed by atoms with Gasteiger partial charge in [0.1, 0.15) is 17.6 Å². The fourth-order valence-corrected chi connectivity index (χ4v) is 3.74. The van der Waals surface area contributed by atoms with Gasteiger partial charge in [-0.2, -0.15) is 0 Å². The highest BCUT2D eigenvalue weighted by atomic mass is 79.9. The van der Waals surface area contributed by atoms with E-state index >= 15 is 0 Å². The van der Waals surface area contributed by atoms with Gasteiger partial charge in [-0.1, -0.05) is 46.3 Å². The van der Waals surface area contributed by atoms with Crippen LogP contribution in [-0.4, -0.2) is 11.0 Å². The van der Waals surface area contributed by atoms with Crippen molar-refractivity contribution >= 4 is 44.9 Å². The third-order valence-corrected chi connectivity index (χ3v) is 5.33. The molecule has 3 N–H and O–H groups in total. The molecule has 0 spiro atoms. The summed E-state index contributed by atoms with van der Waals surface area (Å²) in [7, 11) is 0. The van der Waals surface area contributed by atoms with Crippen LogP contribution in [0.1, 0.15) is 18.7 Å². The van der Waals surface area contributed by atoms with Crippen molar-refractivity contribution in [1.29, 1.82) is 0 Å². The summed E-state index contributed by atoms with van der Waals surface area (Å²) in [5, 5.41) is 9.57. The van der Waals surface area contributed by atoms with E-state index in [0.29, 0.717) is 22.1 Å². The number of para-hydroxylation sites is 1. The first kappa shape index (κ1) is 19.4.